The minimum absolute atomic E-state index is 0.0943. The van der Waals surface area contributed by atoms with E-state index in [1.165, 1.54) is 17.3 Å². The number of nitrogens with zero attached hydrogens (tertiary/aromatic N) is 4. The minimum Gasteiger partial charge on any atom is -0.308 e. The van der Waals surface area contributed by atoms with Crippen LogP contribution in [0, 0.1) is 0 Å². The molecule has 1 aliphatic heterocycles. The second-order valence-corrected chi connectivity index (χ2v) is 7.75. The van der Waals surface area contributed by atoms with E-state index in [9.17, 15) is 4.79 Å². The number of benzene rings is 2. The van der Waals surface area contributed by atoms with Gasteiger partial charge in [-0.05, 0) is 25.0 Å². The van der Waals surface area contributed by atoms with E-state index in [4.69, 9.17) is 0 Å². The Morgan fingerprint density at radius 3 is 2.71 bits per heavy atom. The smallest absolute Gasteiger partial charge is 0.237 e. The lowest BCUT2D eigenvalue weighted by Crippen LogP contribution is -2.37. The molecule has 0 bridgehead atoms. The van der Waals surface area contributed by atoms with Crippen LogP contribution in [0.2, 0.25) is 0 Å². The first-order valence-electron chi connectivity index (χ1n) is 9.31. The SMILES string of the molecule is C=CCn1c(SCC(=O)N2c3ccccc3C[C@@H]2C)nnc1-c1ccccc1. The summed E-state index contributed by atoms with van der Waals surface area (Å²) >= 11 is 1.42. The van der Waals surface area contributed by atoms with Gasteiger partial charge in [0, 0.05) is 23.8 Å². The lowest BCUT2D eigenvalue weighted by Gasteiger charge is -2.22. The van der Waals surface area contributed by atoms with Crippen molar-refractivity contribution in [2.75, 3.05) is 10.7 Å². The maximum absolute atomic E-state index is 13.0. The number of thioether (sulfide) groups is 1. The molecule has 4 rings (SSSR count). The highest BCUT2D eigenvalue weighted by Crippen LogP contribution is 2.33. The van der Waals surface area contributed by atoms with Crippen LogP contribution in [0.4, 0.5) is 5.69 Å². The zero-order chi connectivity index (χ0) is 19.5. The third kappa shape index (κ3) is 3.47. The van der Waals surface area contributed by atoms with Crippen molar-refractivity contribution in [2.45, 2.75) is 31.1 Å². The molecule has 3 aromatic rings. The number of carbonyl (C=O) groups is 1. The molecule has 1 amide bonds. The number of allylic oxidation sites excluding steroid dienone is 1. The number of amides is 1. The molecule has 142 valence electrons. The highest BCUT2D eigenvalue weighted by Gasteiger charge is 2.30. The van der Waals surface area contributed by atoms with Crippen LogP contribution in [0.5, 0.6) is 0 Å². The van der Waals surface area contributed by atoms with Crippen molar-refractivity contribution in [3.63, 3.8) is 0 Å². The molecular weight excluding hydrogens is 368 g/mol. The fraction of sp³-hybridized carbons (Fsp3) is 0.227. The van der Waals surface area contributed by atoms with Crippen LogP contribution in [-0.2, 0) is 17.8 Å². The van der Waals surface area contributed by atoms with E-state index >= 15 is 0 Å². The van der Waals surface area contributed by atoms with Crippen LogP contribution in [0.3, 0.4) is 0 Å². The molecule has 0 saturated heterocycles. The second-order valence-electron chi connectivity index (χ2n) is 6.81. The molecule has 0 unspecified atom stereocenters. The van der Waals surface area contributed by atoms with Gasteiger partial charge in [-0.15, -0.1) is 16.8 Å². The molecule has 2 aromatic carbocycles. The molecule has 6 heteroatoms. The highest BCUT2D eigenvalue weighted by molar-refractivity contribution is 7.99. The van der Waals surface area contributed by atoms with Crippen molar-refractivity contribution >= 4 is 23.4 Å². The van der Waals surface area contributed by atoms with Gasteiger partial charge >= 0.3 is 0 Å². The Hall–Kier alpha value is -2.86. The summed E-state index contributed by atoms with van der Waals surface area (Å²) in [4.78, 5) is 14.9. The maximum atomic E-state index is 13.0. The Balaban J connectivity index is 1.53. The first kappa shape index (κ1) is 18.5. The van der Waals surface area contributed by atoms with Gasteiger partial charge in [0.15, 0.2) is 11.0 Å². The van der Waals surface area contributed by atoms with E-state index in [0.29, 0.717) is 12.3 Å². The van der Waals surface area contributed by atoms with Gasteiger partial charge < -0.3 is 4.90 Å². The standard InChI is InChI=1S/C22H22N4OS/c1-3-13-25-21(17-9-5-4-6-10-17)23-24-22(25)28-15-20(27)26-16(2)14-18-11-7-8-12-19(18)26/h3-12,16H,1,13-15H2,2H3/t16-/m0/s1. The third-order valence-corrected chi connectivity index (χ3v) is 5.81. The first-order valence-corrected chi connectivity index (χ1v) is 10.3. The van der Waals surface area contributed by atoms with Gasteiger partial charge in [0.1, 0.15) is 0 Å². The van der Waals surface area contributed by atoms with Gasteiger partial charge in [0.25, 0.3) is 0 Å². The van der Waals surface area contributed by atoms with Crippen molar-refractivity contribution in [3.8, 4) is 11.4 Å². The summed E-state index contributed by atoms with van der Waals surface area (Å²) in [5, 5.41) is 9.41. The molecule has 2 heterocycles. The van der Waals surface area contributed by atoms with Gasteiger partial charge in [-0.2, -0.15) is 0 Å². The number of aromatic nitrogens is 3. The minimum atomic E-state index is 0.0943. The van der Waals surface area contributed by atoms with Crippen LogP contribution in [0.1, 0.15) is 12.5 Å². The summed E-state index contributed by atoms with van der Waals surface area (Å²) in [6.07, 6.45) is 2.72. The Kier molecular flexibility index (Phi) is 5.30. The van der Waals surface area contributed by atoms with Gasteiger partial charge in [-0.25, -0.2) is 0 Å². The monoisotopic (exact) mass is 390 g/mol. The molecule has 5 nitrogen and oxygen atoms in total. The summed E-state index contributed by atoms with van der Waals surface area (Å²) in [5.74, 6) is 1.20. The average molecular weight is 391 g/mol. The number of carbonyl (C=O) groups excluding carboxylic acids is 1. The Bertz CT molecular complexity index is 999. The molecule has 0 fully saturated rings. The number of fused-ring (bicyclic) bond motifs is 1. The Labute approximate surface area is 169 Å². The summed E-state index contributed by atoms with van der Waals surface area (Å²) in [5.41, 5.74) is 3.25. The molecule has 28 heavy (non-hydrogen) atoms. The fourth-order valence-corrected chi connectivity index (χ4v) is 4.44. The van der Waals surface area contributed by atoms with E-state index in [-0.39, 0.29) is 11.9 Å². The van der Waals surface area contributed by atoms with Crippen molar-refractivity contribution < 1.29 is 4.79 Å². The first-order chi connectivity index (χ1) is 13.7. The van der Waals surface area contributed by atoms with Crippen molar-refractivity contribution in [3.05, 3.63) is 72.8 Å². The second kappa shape index (κ2) is 8.02. The van der Waals surface area contributed by atoms with Crippen molar-refractivity contribution in [1.29, 1.82) is 0 Å². The lowest BCUT2D eigenvalue weighted by atomic mass is 10.1. The molecule has 1 aromatic heterocycles. The maximum Gasteiger partial charge on any atom is 0.237 e. The predicted octanol–water partition coefficient (Wildman–Crippen LogP) is 4.20. The van der Waals surface area contributed by atoms with Crippen LogP contribution in [0.25, 0.3) is 11.4 Å². The van der Waals surface area contributed by atoms with Crippen molar-refractivity contribution in [2.24, 2.45) is 0 Å². The highest BCUT2D eigenvalue weighted by atomic mass is 32.2. The zero-order valence-electron chi connectivity index (χ0n) is 15.8. The Morgan fingerprint density at radius 2 is 1.93 bits per heavy atom. The van der Waals surface area contributed by atoms with E-state index in [0.717, 1.165) is 28.7 Å². The van der Waals surface area contributed by atoms with Gasteiger partial charge in [-0.1, -0.05) is 66.4 Å². The summed E-state index contributed by atoms with van der Waals surface area (Å²) in [6, 6.07) is 18.2. The largest absolute Gasteiger partial charge is 0.308 e. The van der Waals surface area contributed by atoms with Crippen LogP contribution in [0.15, 0.2) is 72.4 Å². The summed E-state index contributed by atoms with van der Waals surface area (Å²) in [7, 11) is 0. The van der Waals surface area contributed by atoms with Gasteiger partial charge in [-0.3, -0.25) is 9.36 Å². The molecule has 1 aliphatic rings. The Morgan fingerprint density at radius 1 is 1.18 bits per heavy atom. The van der Waals surface area contributed by atoms with E-state index in [1.807, 2.05) is 64.1 Å². The number of hydrogen-bond donors (Lipinski definition) is 0. The number of para-hydroxylation sites is 1. The summed E-state index contributed by atoms with van der Waals surface area (Å²) in [6.45, 7) is 6.53. The third-order valence-electron chi connectivity index (χ3n) is 4.86. The molecule has 1 atom stereocenters. The molecule has 0 saturated carbocycles. The van der Waals surface area contributed by atoms with Gasteiger partial charge in [0.2, 0.25) is 5.91 Å². The number of hydrogen-bond acceptors (Lipinski definition) is 4. The molecule has 0 spiro atoms. The normalized spacial score (nSPS) is 15.5. The topological polar surface area (TPSA) is 51.0 Å². The van der Waals surface area contributed by atoms with Crippen LogP contribution < -0.4 is 4.90 Å². The predicted molar refractivity (Wildman–Crippen MR) is 113 cm³/mol. The zero-order valence-corrected chi connectivity index (χ0v) is 16.6. The molecule has 0 N–H and O–H groups in total. The lowest BCUT2D eigenvalue weighted by molar-refractivity contribution is -0.116. The van der Waals surface area contributed by atoms with E-state index in [1.54, 1.807) is 0 Å². The quantitative estimate of drug-likeness (QED) is 0.468. The molecule has 0 aliphatic carbocycles. The van der Waals surface area contributed by atoms with Crippen molar-refractivity contribution in [1.82, 2.24) is 14.8 Å². The van der Waals surface area contributed by atoms with Crippen LogP contribution >= 0.6 is 11.8 Å². The van der Waals surface area contributed by atoms with Crippen LogP contribution in [-0.4, -0.2) is 32.5 Å². The fourth-order valence-electron chi connectivity index (χ4n) is 3.63. The van der Waals surface area contributed by atoms with E-state index in [2.05, 4.69) is 29.8 Å². The molecular formula is C22H22N4OS. The van der Waals surface area contributed by atoms with Gasteiger partial charge in [0.05, 0.1) is 5.75 Å². The number of rotatable bonds is 6. The number of anilines is 1. The van der Waals surface area contributed by atoms with E-state index < -0.39 is 0 Å². The average Bonchev–Trinajstić information content (AvgIpc) is 3.27. The molecule has 0 radical (unpaired) electrons. The summed E-state index contributed by atoms with van der Waals surface area (Å²) < 4.78 is 2.00.